The molecule has 1 unspecified atom stereocenters. The van der Waals surface area contributed by atoms with Crippen LogP contribution >= 0.6 is 11.8 Å². The minimum absolute atomic E-state index is 0.0112. The summed E-state index contributed by atoms with van der Waals surface area (Å²) in [6.07, 6.45) is -1.82. The molecule has 1 aliphatic carbocycles. The number of hydrogen-bond acceptors (Lipinski definition) is 7. The summed E-state index contributed by atoms with van der Waals surface area (Å²) in [4.78, 5) is 17.5. The number of aliphatic hydroxyl groups is 1. The molecule has 0 amide bonds. The Bertz CT molecular complexity index is 1130. The molecule has 182 valence electrons. The van der Waals surface area contributed by atoms with Gasteiger partial charge in [-0.3, -0.25) is 0 Å². The lowest BCUT2D eigenvalue weighted by Crippen LogP contribution is -2.51. The van der Waals surface area contributed by atoms with Crippen LogP contribution in [0.15, 0.2) is 41.5 Å². The molecule has 3 aliphatic rings. The predicted octanol–water partition coefficient (Wildman–Crippen LogP) is 3.70. The fourth-order valence-electron chi connectivity index (χ4n) is 4.64. The number of amidine groups is 1. The third-order valence-corrected chi connectivity index (χ3v) is 7.13. The van der Waals surface area contributed by atoms with Crippen molar-refractivity contribution in [2.75, 3.05) is 5.75 Å². The number of carboxylic acids is 1. The average Bonchev–Trinajstić information content (AvgIpc) is 3.17. The van der Waals surface area contributed by atoms with E-state index in [0.29, 0.717) is 22.9 Å². The van der Waals surface area contributed by atoms with Gasteiger partial charge in [-0.05, 0) is 49.1 Å². The topological polar surface area (TPSA) is 118 Å². The van der Waals surface area contributed by atoms with E-state index in [4.69, 9.17) is 25.4 Å². The van der Waals surface area contributed by atoms with Gasteiger partial charge in [-0.15, -0.1) is 0 Å². The number of nitrogens with two attached hydrogens (primary N) is 1. The second kappa shape index (κ2) is 9.06. The number of nitrogens with zero attached hydrogens (tertiary/aromatic N) is 2. The van der Waals surface area contributed by atoms with Crippen LogP contribution in [-0.4, -0.2) is 50.5 Å². The maximum Gasteiger partial charge on any atom is 0.490 e. The van der Waals surface area contributed by atoms with Crippen molar-refractivity contribution in [1.82, 2.24) is 4.98 Å². The number of pyridine rings is 1. The van der Waals surface area contributed by atoms with Crippen LogP contribution in [0.1, 0.15) is 24.8 Å². The number of rotatable bonds is 1. The van der Waals surface area contributed by atoms with Crippen LogP contribution < -0.4 is 10.5 Å². The number of aliphatic imine (C=N–C) groups is 1. The zero-order valence-electron chi connectivity index (χ0n) is 17.6. The number of carboxylic acid groups (broad SMARTS) is 1. The van der Waals surface area contributed by atoms with Gasteiger partial charge in [0.2, 0.25) is 5.95 Å². The second-order valence-corrected chi connectivity index (χ2v) is 9.24. The molecule has 0 saturated heterocycles. The van der Waals surface area contributed by atoms with Gasteiger partial charge < -0.3 is 20.7 Å². The van der Waals surface area contributed by atoms with Crippen LogP contribution in [0.2, 0.25) is 0 Å². The molecular weight excluding hydrogens is 478 g/mol. The molecule has 1 aromatic heterocycles. The molecule has 4 N–H and O–H groups in total. The highest BCUT2D eigenvalue weighted by atomic mass is 32.2. The number of alkyl halides is 3. The van der Waals surface area contributed by atoms with E-state index >= 15 is 0 Å². The summed E-state index contributed by atoms with van der Waals surface area (Å²) in [6.45, 7) is 0. The Morgan fingerprint density at radius 3 is 2.62 bits per heavy atom. The van der Waals surface area contributed by atoms with Crippen LogP contribution in [0.3, 0.4) is 0 Å². The highest BCUT2D eigenvalue weighted by Crippen LogP contribution is 2.54. The smallest absolute Gasteiger partial charge is 0.490 e. The van der Waals surface area contributed by atoms with Crippen molar-refractivity contribution in [1.29, 1.82) is 0 Å². The molecular formula is C22H21F4N3O4S. The summed E-state index contributed by atoms with van der Waals surface area (Å²) in [5.41, 5.74) is 7.64. The zero-order chi connectivity index (χ0) is 24.7. The number of carbonyl (C=O) groups is 1. The van der Waals surface area contributed by atoms with Crippen molar-refractivity contribution in [2.24, 2.45) is 16.6 Å². The van der Waals surface area contributed by atoms with Crippen LogP contribution in [0.25, 0.3) is 11.1 Å². The van der Waals surface area contributed by atoms with Crippen LogP contribution in [-0.2, 0) is 10.3 Å². The first-order valence-electron chi connectivity index (χ1n) is 10.4. The van der Waals surface area contributed by atoms with Crippen molar-refractivity contribution < 1.29 is 37.3 Å². The minimum atomic E-state index is -5.08. The lowest BCUT2D eigenvalue weighted by atomic mass is 9.68. The third kappa shape index (κ3) is 4.56. The van der Waals surface area contributed by atoms with Gasteiger partial charge >= 0.3 is 12.1 Å². The van der Waals surface area contributed by atoms with Crippen LogP contribution in [0.4, 0.5) is 17.6 Å². The summed E-state index contributed by atoms with van der Waals surface area (Å²) in [6, 6.07) is 9.15. The maximum absolute atomic E-state index is 14.2. The highest BCUT2D eigenvalue weighted by Gasteiger charge is 2.54. The van der Waals surface area contributed by atoms with Gasteiger partial charge in [0, 0.05) is 29.0 Å². The van der Waals surface area contributed by atoms with Gasteiger partial charge in [0.15, 0.2) is 5.17 Å². The number of aliphatic carboxylic acids is 1. The molecule has 1 aromatic carbocycles. The average molecular weight is 499 g/mol. The molecule has 34 heavy (non-hydrogen) atoms. The van der Waals surface area contributed by atoms with E-state index in [1.54, 1.807) is 12.1 Å². The molecule has 5 rings (SSSR count). The van der Waals surface area contributed by atoms with E-state index in [1.165, 1.54) is 18.0 Å². The van der Waals surface area contributed by atoms with Gasteiger partial charge in [-0.1, -0.05) is 17.8 Å². The van der Waals surface area contributed by atoms with Crippen molar-refractivity contribution in [3.05, 3.63) is 48.0 Å². The summed E-state index contributed by atoms with van der Waals surface area (Å²) in [5.74, 6) is -1.72. The Morgan fingerprint density at radius 2 is 2.00 bits per heavy atom. The largest absolute Gasteiger partial charge is 0.490 e. The molecule has 1 spiro atoms. The summed E-state index contributed by atoms with van der Waals surface area (Å²) in [5, 5.41) is 18.0. The third-order valence-electron chi connectivity index (χ3n) is 6.16. The Kier molecular flexibility index (Phi) is 6.47. The fraction of sp³-hybridized carbons (Fsp3) is 0.409. The van der Waals surface area contributed by atoms with E-state index < -0.39 is 23.6 Å². The monoisotopic (exact) mass is 499 g/mol. The molecule has 0 bridgehead atoms. The number of ether oxygens (including phenoxy) is 1. The second-order valence-electron chi connectivity index (χ2n) is 8.25. The van der Waals surface area contributed by atoms with E-state index in [-0.39, 0.29) is 18.1 Å². The van der Waals surface area contributed by atoms with Crippen molar-refractivity contribution in [2.45, 2.75) is 43.2 Å². The van der Waals surface area contributed by atoms with Gasteiger partial charge in [0.1, 0.15) is 17.4 Å². The molecule has 1 fully saturated rings. The number of aliphatic hydroxyl groups excluding tert-OH is 1. The lowest BCUT2D eigenvalue weighted by Gasteiger charge is -2.48. The maximum atomic E-state index is 14.2. The molecule has 1 saturated carbocycles. The summed E-state index contributed by atoms with van der Waals surface area (Å²) >= 11 is 1.53. The Labute approximate surface area is 196 Å². The lowest BCUT2D eigenvalue weighted by molar-refractivity contribution is -0.192. The molecule has 7 nitrogen and oxygen atoms in total. The Balaban J connectivity index is 0.000000344. The SMILES string of the molecule is NC1=N[C@@]2(CS1)c1cc(-c3cccnc3F)ccc1O[C@H]1CC[C@H](O)CC12.O=C(O)C(F)(F)F. The molecule has 0 radical (unpaired) electrons. The molecule has 12 heteroatoms. The molecule has 2 aromatic rings. The number of hydrogen-bond donors (Lipinski definition) is 3. The number of halogens is 4. The number of aromatic nitrogens is 1. The van der Waals surface area contributed by atoms with Crippen molar-refractivity contribution >= 4 is 22.9 Å². The normalized spacial score (nSPS) is 27.6. The standard InChI is InChI=1S/C20H20FN3O2S.C2HF3O2/c21-18-13(2-1-7-23-18)11-3-5-16-14(8-11)20(10-27-19(22)24-20)15-9-12(25)4-6-17(15)26-16;3-2(4,5)1(6)7/h1-3,5,7-8,12,15,17,25H,4,6,9-10H2,(H2,22,24);(H,6,7)/t12-,15?,17-,20-;/m0./s1. The van der Waals surface area contributed by atoms with Crippen LogP contribution in [0.5, 0.6) is 5.75 Å². The summed E-state index contributed by atoms with van der Waals surface area (Å²) in [7, 11) is 0. The number of fused-ring (bicyclic) bond motifs is 4. The summed E-state index contributed by atoms with van der Waals surface area (Å²) < 4.78 is 52.3. The first kappa shape index (κ1) is 24.3. The first-order valence-corrected chi connectivity index (χ1v) is 11.4. The highest BCUT2D eigenvalue weighted by molar-refractivity contribution is 8.14. The molecule has 4 atom stereocenters. The number of thioether (sulfide) groups is 1. The van der Waals surface area contributed by atoms with Crippen molar-refractivity contribution in [3.63, 3.8) is 0 Å². The Morgan fingerprint density at radius 1 is 1.26 bits per heavy atom. The van der Waals surface area contributed by atoms with E-state index in [9.17, 15) is 22.7 Å². The predicted molar refractivity (Wildman–Crippen MR) is 117 cm³/mol. The fourth-order valence-corrected chi connectivity index (χ4v) is 5.67. The van der Waals surface area contributed by atoms with E-state index in [0.717, 1.165) is 29.7 Å². The minimum Gasteiger partial charge on any atom is -0.490 e. The van der Waals surface area contributed by atoms with Gasteiger partial charge in [0.25, 0.3) is 0 Å². The first-order chi connectivity index (χ1) is 16.0. The van der Waals surface area contributed by atoms with Crippen molar-refractivity contribution in [3.8, 4) is 16.9 Å². The van der Waals surface area contributed by atoms with E-state index in [1.807, 2.05) is 18.2 Å². The van der Waals surface area contributed by atoms with E-state index in [2.05, 4.69) is 4.98 Å². The quantitative estimate of drug-likeness (QED) is 0.405. The van der Waals surface area contributed by atoms with Crippen LogP contribution in [0, 0.1) is 11.9 Å². The van der Waals surface area contributed by atoms with Gasteiger partial charge in [-0.25, -0.2) is 14.8 Å². The van der Waals surface area contributed by atoms with Gasteiger partial charge in [-0.2, -0.15) is 17.6 Å². The molecule has 3 heterocycles. The zero-order valence-corrected chi connectivity index (χ0v) is 18.4. The Hall–Kier alpha value is -2.86. The number of benzene rings is 1. The molecule has 2 aliphatic heterocycles. The van der Waals surface area contributed by atoms with Gasteiger partial charge in [0.05, 0.1) is 6.10 Å².